The molecule has 3 N–H and O–H groups in total. The summed E-state index contributed by atoms with van der Waals surface area (Å²) in [6.07, 6.45) is 0. The minimum absolute atomic E-state index is 0.0277. The van der Waals surface area contributed by atoms with Gasteiger partial charge in [-0.05, 0) is 19.1 Å². The molecule has 152 valence electrons. The topological polar surface area (TPSA) is 125 Å². The van der Waals surface area contributed by atoms with Crippen LogP contribution >= 0.6 is 34.7 Å². The molecule has 3 aromatic rings. The van der Waals surface area contributed by atoms with Crippen molar-refractivity contribution in [1.29, 1.82) is 0 Å². The van der Waals surface area contributed by atoms with Gasteiger partial charge in [-0.1, -0.05) is 35.5 Å². The molecule has 3 rings (SSSR count). The number of hydrogen-bond acceptors (Lipinski definition) is 9. The van der Waals surface area contributed by atoms with E-state index in [9.17, 15) is 9.59 Å². The summed E-state index contributed by atoms with van der Waals surface area (Å²) >= 11 is 8.29. The molecule has 0 bridgehead atoms. The molecule has 12 heteroatoms. The van der Waals surface area contributed by atoms with Crippen LogP contribution in [-0.2, 0) is 14.3 Å². The van der Waals surface area contributed by atoms with Crippen LogP contribution in [0.25, 0.3) is 11.3 Å². The molecule has 0 aliphatic rings. The summed E-state index contributed by atoms with van der Waals surface area (Å²) in [7, 11) is 1.30. The molecular weight excluding hydrogens is 436 g/mol. The number of halogens is 1. The number of esters is 1. The number of nitrogens with one attached hydrogen (secondary N) is 1. The van der Waals surface area contributed by atoms with Crippen LogP contribution in [0.1, 0.15) is 13.0 Å². The van der Waals surface area contributed by atoms with Crippen molar-refractivity contribution in [2.24, 2.45) is 0 Å². The number of carbonyl (C=O) groups excluding carboxylic acids is 2. The maximum Gasteiger partial charge on any atom is 0.316 e. The van der Waals surface area contributed by atoms with E-state index < -0.39 is 12.0 Å². The molecule has 1 unspecified atom stereocenters. The third-order valence-electron chi connectivity index (χ3n) is 3.88. The Kier molecular flexibility index (Phi) is 6.72. The highest BCUT2D eigenvalue weighted by atomic mass is 35.5. The van der Waals surface area contributed by atoms with Gasteiger partial charge in [0.15, 0.2) is 10.3 Å². The Bertz CT molecular complexity index is 1020. The number of thioether (sulfide) groups is 1. The summed E-state index contributed by atoms with van der Waals surface area (Å²) in [6.45, 7) is 1.66. The zero-order valence-electron chi connectivity index (χ0n) is 15.5. The predicted octanol–water partition coefficient (Wildman–Crippen LogP) is 3.10. The summed E-state index contributed by atoms with van der Waals surface area (Å²) in [5.41, 5.74) is 7.48. The average molecular weight is 453 g/mol. The fourth-order valence-electron chi connectivity index (χ4n) is 2.34. The first kappa shape index (κ1) is 21.1. The molecule has 0 radical (unpaired) electrons. The summed E-state index contributed by atoms with van der Waals surface area (Å²) < 4.78 is 6.06. The molecule has 0 saturated carbocycles. The van der Waals surface area contributed by atoms with Crippen LogP contribution in [0.3, 0.4) is 0 Å². The van der Waals surface area contributed by atoms with Crippen LogP contribution in [0.15, 0.2) is 34.8 Å². The first-order valence-corrected chi connectivity index (χ1v) is 10.6. The number of carbonyl (C=O) groups is 2. The number of amides is 1. The van der Waals surface area contributed by atoms with Gasteiger partial charge in [0.2, 0.25) is 11.9 Å². The quantitative estimate of drug-likeness (QED) is 0.413. The first-order chi connectivity index (χ1) is 13.9. The Hall–Kier alpha value is -2.63. The monoisotopic (exact) mass is 452 g/mol. The number of anilines is 2. The largest absolute Gasteiger partial charge is 0.468 e. The Morgan fingerprint density at radius 3 is 2.76 bits per heavy atom. The van der Waals surface area contributed by atoms with Crippen molar-refractivity contribution in [2.75, 3.05) is 23.9 Å². The minimum atomic E-state index is -0.715. The molecule has 0 aliphatic carbocycles. The van der Waals surface area contributed by atoms with Gasteiger partial charge in [-0.3, -0.25) is 14.2 Å². The number of aromatic nitrogens is 4. The number of hydrogen-bond donors (Lipinski definition) is 2. The van der Waals surface area contributed by atoms with Gasteiger partial charge in [-0.15, -0.1) is 21.5 Å². The second-order valence-electron chi connectivity index (χ2n) is 5.79. The molecule has 1 aromatic carbocycles. The van der Waals surface area contributed by atoms with Crippen LogP contribution in [0.4, 0.5) is 11.1 Å². The highest BCUT2D eigenvalue weighted by Crippen LogP contribution is 2.28. The zero-order chi connectivity index (χ0) is 21.0. The number of nitrogens with zero attached hydrogens (tertiary/aromatic N) is 4. The fraction of sp³-hybridized carbons (Fsp3) is 0.235. The molecular formula is C17H17ClN6O3S2. The van der Waals surface area contributed by atoms with Crippen molar-refractivity contribution in [3.63, 3.8) is 0 Å². The molecule has 1 amide bonds. The second kappa shape index (κ2) is 9.25. The molecule has 2 aromatic heterocycles. The van der Waals surface area contributed by atoms with E-state index in [4.69, 9.17) is 17.3 Å². The highest BCUT2D eigenvalue weighted by molar-refractivity contribution is 7.99. The number of nitrogen functional groups attached to an aromatic ring is 1. The molecule has 0 aliphatic heterocycles. The molecule has 0 saturated heterocycles. The fourth-order valence-corrected chi connectivity index (χ4v) is 4.05. The highest BCUT2D eigenvalue weighted by Gasteiger charge is 2.23. The van der Waals surface area contributed by atoms with Gasteiger partial charge in [0.1, 0.15) is 6.04 Å². The predicted molar refractivity (Wildman–Crippen MR) is 113 cm³/mol. The van der Waals surface area contributed by atoms with Crippen molar-refractivity contribution in [1.82, 2.24) is 19.7 Å². The first-order valence-electron chi connectivity index (χ1n) is 8.31. The van der Waals surface area contributed by atoms with Crippen molar-refractivity contribution < 1.29 is 14.3 Å². The van der Waals surface area contributed by atoms with Crippen molar-refractivity contribution in [3.8, 4) is 11.3 Å². The number of rotatable bonds is 7. The normalized spacial score (nSPS) is 11.8. The number of ether oxygens (including phenoxy) is 1. The van der Waals surface area contributed by atoms with Gasteiger partial charge < -0.3 is 15.8 Å². The lowest BCUT2D eigenvalue weighted by atomic mass is 10.2. The van der Waals surface area contributed by atoms with Crippen LogP contribution in [0.5, 0.6) is 0 Å². The van der Waals surface area contributed by atoms with Crippen molar-refractivity contribution in [3.05, 3.63) is 34.7 Å². The van der Waals surface area contributed by atoms with Gasteiger partial charge in [0.25, 0.3) is 0 Å². The molecule has 1 atom stereocenters. The van der Waals surface area contributed by atoms with Crippen LogP contribution in [0, 0.1) is 0 Å². The number of nitrogens with two attached hydrogens (primary N) is 1. The third kappa shape index (κ3) is 5.05. The summed E-state index contributed by atoms with van der Waals surface area (Å²) in [6, 6.07) is 6.55. The van der Waals surface area contributed by atoms with Gasteiger partial charge in [-0.2, -0.15) is 0 Å². The molecule has 0 spiro atoms. The molecule has 2 heterocycles. The Morgan fingerprint density at radius 2 is 2.07 bits per heavy atom. The number of benzene rings is 1. The van der Waals surface area contributed by atoms with Gasteiger partial charge in [0.05, 0.1) is 18.6 Å². The standard InChI is InChI=1S/C17H17ClN6O3S2/c1-9(24-15(19)22-23-17(24)29-8-13(25)27-2)14(26)21-16-20-12(7-28-16)10-3-5-11(18)6-4-10/h3-7,9H,8H2,1-2H3,(H2,19,22)(H,20,21,26). The van der Waals surface area contributed by atoms with Gasteiger partial charge in [0, 0.05) is 16.0 Å². The maximum atomic E-state index is 12.7. The van der Waals surface area contributed by atoms with E-state index in [1.54, 1.807) is 19.1 Å². The smallest absolute Gasteiger partial charge is 0.316 e. The van der Waals surface area contributed by atoms with Gasteiger partial charge in [-0.25, -0.2) is 4.98 Å². The number of methoxy groups -OCH3 is 1. The maximum absolute atomic E-state index is 12.7. The number of thiazole rings is 1. The second-order valence-corrected chi connectivity index (χ2v) is 8.02. The lowest BCUT2D eigenvalue weighted by molar-refractivity contribution is -0.137. The van der Waals surface area contributed by atoms with Crippen LogP contribution in [0.2, 0.25) is 5.02 Å². The average Bonchev–Trinajstić information content (AvgIpc) is 3.32. The van der Waals surface area contributed by atoms with Gasteiger partial charge >= 0.3 is 5.97 Å². The van der Waals surface area contributed by atoms with E-state index in [-0.39, 0.29) is 17.6 Å². The lowest BCUT2D eigenvalue weighted by Gasteiger charge is -2.15. The zero-order valence-corrected chi connectivity index (χ0v) is 17.8. The van der Waals surface area contributed by atoms with E-state index >= 15 is 0 Å². The summed E-state index contributed by atoms with van der Waals surface area (Å²) in [4.78, 5) is 28.5. The molecule has 29 heavy (non-hydrogen) atoms. The summed E-state index contributed by atoms with van der Waals surface area (Å²) in [5.74, 6) is -0.660. The molecule has 0 fully saturated rings. The van der Waals surface area contributed by atoms with E-state index in [1.807, 2.05) is 17.5 Å². The van der Waals surface area contributed by atoms with E-state index in [0.29, 0.717) is 15.3 Å². The van der Waals surface area contributed by atoms with E-state index in [0.717, 1.165) is 23.0 Å². The lowest BCUT2D eigenvalue weighted by Crippen LogP contribution is -2.25. The summed E-state index contributed by atoms with van der Waals surface area (Å²) in [5, 5.41) is 13.8. The Morgan fingerprint density at radius 1 is 1.34 bits per heavy atom. The van der Waals surface area contributed by atoms with Crippen molar-refractivity contribution in [2.45, 2.75) is 18.1 Å². The third-order valence-corrected chi connectivity index (χ3v) is 5.81. The van der Waals surface area contributed by atoms with Crippen molar-refractivity contribution >= 4 is 57.7 Å². The minimum Gasteiger partial charge on any atom is -0.468 e. The SMILES string of the molecule is COC(=O)CSc1nnc(N)n1C(C)C(=O)Nc1nc(-c2ccc(Cl)cc2)cs1. The van der Waals surface area contributed by atoms with E-state index in [1.165, 1.54) is 23.0 Å². The van der Waals surface area contributed by atoms with Crippen LogP contribution < -0.4 is 11.1 Å². The van der Waals surface area contributed by atoms with Crippen LogP contribution in [-0.4, -0.2) is 44.5 Å². The van der Waals surface area contributed by atoms with E-state index in [2.05, 4.69) is 25.2 Å². The Labute approximate surface area is 179 Å². The Balaban J connectivity index is 1.71. The molecule has 9 nitrogen and oxygen atoms in total.